The van der Waals surface area contributed by atoms with Gasteiger partial charge in [-0.1, -0.05) is 18.2 Å². The smallest absolute Gasteiger partial charge is 0.123 e. The molecule has 0 aliphatic heterocycles. The topological polar surface area (TPSA) is 39.2 Å². The summed E-state index contributed by atoms with van der Waals surface area (Å²) < 4.78 is 5.43. The molecule has 0 aliphatic carbocycles. The number of benzene rings is 1. The summed E-state index contributed by atoms with van der Waals surface area (Å²) in [5.41, 5.74) is 11.2. The number of aryl methyl sites for hydroxylation is 3. The van der Waals surface area contributed by atoms with Crippen LogP contribution in [0.15, 0.2) is 34.9 Å². The normalized spacial score (nSPS) is 12.7. The van der Waals surface area contributed by atoms with E-state index in [2.05, 4.69) is 32.0 Å². The molecule has 0 bridgehead atoms. The first-order valence-corrected chi connectivity index (χ1v) is 5.93. The molecule has 0 saturated carbocycles. The summed E-state index contributed by atoms with van der Waals surface area (Å²) in [7, 11) is 0. The Morgan fingerprint density at radius 1 is 1.06 bits per heavy atom. The molecular weight excluding hydrogens is 210 g/mol. The molecule has 0 aliphatic rings. The highest BCUT2D eigenvalue weighted by Gasteiger charge is 2.13. The number of hydrogen-bond acceptors (Lipinski definition) is 2. The van der Waals surface area contributed by atoms with E-state index >= 15 is 0 Å². The van der Waals surface area contributed by atoms with Gasteiger partial charge in [0, 0.05) is 0 Å². The Morgan fingerprint density at radius 3 is 2.41 bits per heavy atom. The van der Waals surface area contributed by atoms with E-state index in [0.717, 1.165) is 17.7 Å². The van der Waals surface area contributed by atoms with Crippen LogP contribution in [0.1, 0.15) is 34.1 Å². The minimum atomic E-state index is -0.0629. The summed E-state index contributed by atoms with van der Waals surface area (Å²) in [6.07, 6.45) is 2.51. The molecule has 1 heterocycles. The van der Waals surface area contributed by atoms with Crippen molar-refractivity contribution in [2.24, 2.45) is 5.73 Å². The van der Waals surface area contributed by atoms with Crippen LogP contribution in [-0.4, -0.2) is 0 Å². The third-order valence-corrected chi connectivity index (χ3v) is 3.27. The van der Waals surface area contributed by atoms with Crippen LogP contribution in [0.3, 0.4) is 0 Å². The van der Waals surface area contributed by atoms with E-state index in [1.807, 2.05) is 13.0 Å². The third-order valence-electron chi connectivity index (χ3n) is 3.27. The molecule has 2 nitrogen and oxygen atoms in total. The zero-order valence-corrected chi connectivity index (χ0v) is 10.7. The highest BCUT2D eigenvalue weighted by molar-refractivity contribution is 5.31. The molecule has 1 aromatic carbocycles. The summed E-state index contributed by atoms with van der Waals surface area (Å²) in [5.74, 6) is 0.892. The molecule has 2 heteroatoms. The fraction of sp³-hybridized carbons (Fsp3) is 0.333. The standard InChI is InChI=1S/C15H19NO/c1-10-4-5-13(8-12(10)3)9-14(16)15-11(2)6-7-17-15/h4-8,14H,9,16H2,1-3H3. The number of furan rings is 1. The van der Waals surface area contributed by atoms with Gasteiger partial charge in [0.25, 0.3) is 0 Å². The van der Waals surface area contributed by atoms with Gasteiger partial charge in [0.15, 0.2) is 0 Å². The maximum Gasteiger partial charge on any atom is 0.123 e. The van der Waals surface area contributed by atoms with Gasteiger partial charge in [0.2, 0.25) is 0 Å². The molecule has 2 rings (SSSR count). The Labute approximate surface area is 102 Å². The van der Waals surface area contributed by atoms with Gasteiger partial charge in [-0.25, -0.2) is 0 Å². The largest absolute Gasteiger partial charge is 0.467 e. The molecule has 0 spiro atoms. The maximum atomic E-state index is 6.17. The van der Waals surface area contributed by atoms with E-state index in [9.17, 15) is 0 Å². The Hall–Kier alpha value is -1.54. The highest BCUT2D eigenvalue weighted by atomic mass is 16.3. The predicted octanol–water partition coefficient (Wildman–Crippen LogP) is 3.45. The fourth-order valence-electron chi connectivity index (χ4n) is 2.04. The lowest BCUT2D eigenvalue weighted by molar-refractivity contribution is 0.461. The lowest BCUT2D eigenvalue weighted by Crippen LogP contribution is -2.13. The van der Waals surface area contributed by atoms with Crippen molar-refractivity contribution in [2.75, 3.05) is 0 Å². The van der Waals surface area contributed by atoms with Crippen LogP contribution in [-0.2, 0) is 6.42 Å². The SMILES string of the molecule is Cc1ccc(CC(N)c2occc2C)cc1C. The van der Waals surface area contributed by atoms with Crippen molar-refractivity contribution in [1.82, 2.24) is 0 Å². The second kappa shape index (κ2) is 4.76. The van der Waals surface area contributed by atoms with Crippen LogP contribution in [0.2, 0.25) is 0 Å². The zero-order valence-electron chi connectivity index (χ0n) is 10.7. The average molecular weight is 229 g/mol. The maximum absolute atomic E-state index is 6.17. The van der Waals surface area contributed by atoms with Crippen molar-refractivity contribution >= 4 is 0 Å². The molecule has 0 radical (unpaired) electrons. The van der Waals surface area contributed by atoms with Gasteiger partial charge in [-0.2, -0.15) is 0 Å². The Balaban J connectivity index is 2.16. The molecule has 2 N–H and O–H groups in total. The van der Waals surface area contributed by atoms with Crippen LogP contribution < -0.4 is 5.73 Å². The van der Waals surface area contributed by atoms with Crippen molar-refractivity contribution in [1.29, 1.82) is 0 Å². The summed E-state index contributed by atoms with van der Waals surface area (Å²) in [6.45, 7) is 6.28. The summed E-state index contributed by atoms with van der Waals surface area (Å²) in [4.78, 5) is 0. The quantitative estimate of drug-likeness (QED) is 0.875. The van der Waals surface area contributed by atoms with E-state index in [0.29, 0.717) is 0 Å². The zero-order chi connectivity index (χ0) is 12.4. The first kappa shape index (κ1) is 11.9. The van der Waals surface area contributed by atoms with E-state index in [1.165, 1.54) is 16.7 Å². The molecular formula is C15H19NO. The molecule has 1 aromatic heterocycles. The van der Waals surface area contributed by atoms with Crippen LogP contribution in [0, 0.1) is 20.8 Å². The number of rotatable bonds is 3. The molecule has 17 heavy (non-hydrogen) atoms. The first-order valence-electron chi connectivity index (χ1n) is 5.93. The first-order chi connectivity index (χ1) is 8.08. The molecule has 0 fully saturated rings. The van der Waals surface area contributed by atoms with E-state index in [1.54, 1.807) is 6.26 Å². The van der Waals surface area contributed by atoms with Crippen molar-refractivity contribution in [3.8, 4) is 0 Å². The summed E-state index contributed by atoms with van der Waals surface area (Å²) in [5, 5.41) is 0. The average Bonchev–Trinajstić information content (AvgIpc) is 2.70. The molecule has 1 unspecified atom stereocenters. The fourth-order valence-corrected chi connectivity index (χ4v) is 2.04. The minimum absolute atomic E-state index is 0.0629. The third kappa shape index (κ3) is 2.59. The highest BCUT2D eigenvalue weighted by Crippen LogP contribution is 2.21. The second-order valence-electron chi connectivity index (χ2n) is 4.70. The van der Waals surface area contributed by atoms with Gasteiger partial charge < -0.3 is 10.2 Å². The van der Waals surface area contributed by atoms with E-state index in [4.69, 9.17) is 10.2 Å². The Kier molecular flexibility index (Phi) is 3.34. The van der Waals surface area contributed by atoms with Gasteiger partial charge >= 0.3 is 0 Å². The molecule has 90 valence electrons. The van der Waals surface area contributed by atoms with Crippen molar-refractivity contribution < 1.29 is 4.42 Å². The van der Waals surface area contributed by atoms with Gasteiger partial charge in [0.1, 0.15) is 5.76 Å². The Morgan fingerprint density at radius 2 is 1.82 bits per heavy atom. The monoisotopic (exact) mass is 229 g/mol. The van der Waals surface area contributed by atoms with E-state index < -0.39 is 0 Å². The van der Waals surface area contributed by atoms with Crippen LogP contribution in [0.5, 0.6) is 0 Å². The predicted molar refractivity (Wildman–Crippen MR) is 70.0 cm³/mol. The van der Waals surface area contributed by atoms with E-state index in [-0.39, 0.29) is 6.04 Å². The van der Waals surface area contributed by atoms with Crippen molar-refractivity contribution in [2.45, 2.75) is 33.2 Å². The summed E-state index contributed by atoms with van der Waals surface area (Å²) in [6, 6.07) is 8.38. The number of hydrogen-bond donors (Lipinski definition) is 1. The van der Waals surface area contributed by atoms with Crippen LogP contribution in [0.25, 0.3) is 0 Å². The minimum Gasteiger partial charge on any atom is -0.467 e. The molecule has 2 aromatic rings. The van der Waals surface area contributed by atoms with Gasteiger partial charge in [-0.05, 0) is 55.5 Å². The van der Waals surface area contributed by atoms with Crippen molar-refractivity contribution in [3.63, 3.8) is 0 Å². The summed E-state index contributed by atoms with van der Waals surface area (Å²) >= 11 is 0. The molecule has 0 amide bonds. The van der Waals surface area contributed by atoms with Gasteiger partial charge in [-0.3, -0.25) is 0 Å². The van der Waals surface area contributed by atoms with Crippen LogP contribution in [0.4, 0.5) is 0 Å². The van der Waals surface area contributed by atoms with Gasteiger partial charge in [-0.15, -0.1) is 0 Å². The lowest BCUT2D eigenvalue weighted by Gasteiger charge is -2.11. The Bertz CT molecular complexity index is 513. The van der Waals surface area contributed by atoms with Gasteiger partial charge in [0.05, 0.1) is 12.3 Å². The number of nitrogens with two attached hydrogens (primary N) is 1. The van der Waals surface area contributed by atoms with Crippen LogP contribution >= 0.6 is 0 Å². The molecule has 0 saturated heterocycles. The second-order valence-corrected chi connectivity index (χ2v) is 4.70. The lowest BCUT2D eigenvalue weighted by atomic mass is 9.99. The molecule has 1 atom stereocenters. The van der Waals surface area contributed by atoms with Crippen molar-refractivity contribution in [3.05, 3.63) is 58.5 Å².